The fourth-order valence-corrected chi connectivity index (χ4v) is 6.73. The largest absolute Gasteiger partial charge is 0.490 e. The van der Waals surface area contributed by atoms with Gasteiger partial charge in [-0.1, -0.05) is 54.9 Å². The Balaban J connectivity index is 0.000000485. The summed E-state index contributed by atoms with van der Waals surface area (Å²) in [5.74, 6) is -8.37. The molecule has 336 valence electrons. The Bertz CT molecular complexity index is 1690. The van der Waals surface area contributed by atoms with Crippen LogP contribution in [0.4, 0.5) is 39.5 Å². The van der Waals surface area contributed by atoms with Gasteiger partial charge in [0, 0.05) is 62.2 Å². The van der Waals surface area contributed by atoms with Gasteiger partial charge in [-0.2, -0.15) is 39.5 Å². The van der Waals surface area contributed by atoms with Gasteiger partial charge in [-0.05, 0) is 68.2 Å². The average molecular weight is 894 g/mol. The molecule has 23 heteroatoms. The van der Waals surface area contributed by atoms with Crippen LogP contribution in [0.3, 0.4) is 0 Å². The standard InChI is InChI=1S/C31H42ClN5O2.3C2HF3O2/c1-3-31(12-14-35(2)15-13-31)37-18-16-36(17-19-37)30(39)28(20-23-8-10-25(32)11-9-23)34-29(38)21-27-26-7-5-4-6-24(26)22-33-27;3*3-2(4,5)1(6)7/h4-11,27-28,33H,3,12-22H2,1-2H3,(H,34,38);3*(H,6,7)/t27?,28-;;;/m1.../s1. The molecule has 13 nitrogen and oxygen atoms in total. The number of hydrogen-bond acceptors (Lipinski definition) is 8. The number of likely N-dealkylation sites (tertiary alicyclic amines) is 1. The van der Waals surface area contributed by atoms with Gasteiger partial charge in [0.1, 0.15) is 6.04 Å². The van der Waals surface area contributed by atoms with Gasteiger partial charge in [-0.25, -0.2) is 14.4 Å². The van der Waals surface area contributed by atoms with E-state index in [1.54, 1.807) is 0 Å². The van der Waals surface area contributed by atoms with E-state index in [1.165, 1.54) is 24.0 Å². The Kier molecular flexibility index (Phi) is 19.1. The second-order valence-electron chi connectivity index (χ2n) is 13.9. The summed E-state index contributed by atoms with van der Waals surface area (Å²) in [5.41, 5.74) is 3.63. The maximum atomic E-state index is 13.9. The number of rotatable bonds is 8. The number of piperazine rings is 1. The van der Waals surface area contributed by atoms with Crippen molar-refractivity contribution in [2.75, 3.05) is 46.3 Å². The van der Waals surface area contributed by atoms with Crippen LogP contribution in [0.1, 0.15) is 55.3 Å². The first-order valence-corrected chi connectivity index (χ1v) is 18.6. The first kappa shape index (κ1) is 51.5. The third-order valence-corrected chi connectivity index (χ3v) is 10.2. The lowest BCUT2D eigenvalue weighted by molar-refractivity contribution is -0.193. The van der Waals surface area contributed by atoms with Crippen LogP contribution in [-0.4, -0.2) is 136 Å². The van der Waals surface area contributed by atoms with Crippen molar-refractivity contribution in [3.05, 3.63) is 70.2 Å². The summed E-state index contributed by atoms with van der Waals surface area (Å²) in [6, 6.07) is 15.1. The average Bonchev–Trinajstić information content (AvgIpc) is 3.57. The van der Waals surface area contributed by atoms with Crippen LogP contribution < -0.4 is 10.6 Å². The first-order chi connectivity index (χ1) is 27.7. The number of benzene rings is 2. The summed E-state index contributed by atoms with van der Waals surface area (Å²) in [6.45, 7) is 8.48. The Hall–Kier alpha value is -4.67. The highest BCUT2D eigenvalue weighted by Crippen LogP contribution is 2.33. The number of carbonyl (C=O) groups is 5. The summed E-state index contributed by atoms with van der Waals surface area (Å²) in [7, 11) is 2.20. The number of fused-ring (bicyclic) bond motifs is 1. The number of nitrogens with zero attached hydrogens (tertiary/aromatic N) is 3. The van der Waals surface area contributed by atoms with E-state index < -0.39 is 42.5 Å². The zero-order valence-corrected chi connectivity index (χ0v) is 33.0. The number of piperidine rings is 1. The van der Waals surface area contributed by atoms with Crippen molar-refractivity contribution in [3.8, 4) is 0 Å². The number of carbonyl (C=O) groups excluding carboxylic acids is 2. The number of halogens is 10. The van der Waals surface area contributed by atoms with Crippen molar-refractivity contribution in [1.82, 2.24) is 25.3 Å². The number of alkyl halides is 9. The lowest BCUT2D eigenvalue weighted by Crippen LogP contribution is -2.62. The van der Waals surface area contributed by atoms with E-state index in [4.69, 9.17) is 41.3 Å². The molecule has 0 saturated carbocycles. The molecule has 0 bridgehead atoms. The van der Waals surface area contributed by atoms with E-state index in [1.807, 2.05) is 41.3 Å². The van der Waals surface area contributed by atoms with E-state index in [0.29, 0.717) is 31.0 Å². The number of nitrogens with one attached hydrogen (secondary N) is 2. The number of amides is 2. The molecule has 0 aliphatic carbocycles. The quantitative estimate of drug-likeness (QED) is 0.211. The molecule has 5 N–H and O–H groups in total. The van der Waals surface area contributed by atoms with Crippen molar-refractivity contribution in [2.24, 2.45) is 0 Å². The zero-order valence-electron chi connectivity index (χ0n) is 32.3. The summed E-state index contributed by atoms with van der Waals surface area (Å²) in [5, 5.41) is 28.6. The zero-order chi connectivity index (χ0) is 45.6. The molecule has 2 atom stereocenters. The highest BCUT2D eigenvalue weighted by atomic mass is 35.5. The van der Waals surface area contributed by atoms with Crippen LogP contribution in [0.15, 0.2) is 48.5 Å². The van der Waals surface area contributed by atoms with Crippen LogP contribution in [0.5, 0.6) is 0 Å². The minimum Gasteiger partial charge on any atom is -0.475 e. The molecule has 2 aromatic rings. The number of aliphatic carboxylic acids is 3. The second kappa shape index (κ2) is 22.3. The molecule has 5 rings (SSSR count). The molecule has 2 amide bonds. The Morgan fingerprint density at radius 2 is 1.25 bits per heavy atom. The normalized spacial score (nSPS) is 18.5. The second-order valence-corrected chi connectivity index (χ2v) is 14.3. The topological polar surface area (TPSA) is 180 Å². The van der Waals surface area contributed by atoms with Crippen molar-refractivity contribution >= 4 is 41.3 Å². The minimum atomic E-state index is -5.08. The minimum absolute atomic E-state index is 0.00616. The van der Waals surface area contributed by atoms with Gasteiger partial charge >= 0.3 is 36.4 Å². The molecule has 3 heterocycles. The number of carboxylic acids is 3. The van der Waals surface area contributed by atoms with Gasteiger partial charge in [-0.15, -0.1) is 0 Å². The van der Waals surface area contributed by atoms with Gasteiger partial charge < -0.3 is 35.8 Å². The van der Waals surface area contributed by atoms with Crippen molar-refractivity contribution < 1.29 is 78.8 Å². The van der Waals surface area contributed by atoms with Crippen molar-refractivity contribution in [3.63, 3.8) is 0 Å². The van der Waals surface area contributed by atoms with Crippen LogP contribution in [0.25, 0.3) is 0 Å². The van der Waals surface area contributed by atoms with E-state index >= 15 is 0 Å². The molecule has 0 aromatic heterocycles. The van der Waals surface area contributed by atoms with E-state index in [-0.39, 0.29) is 23.4 Å². The van der Waals surface area contributed by atoms with Gasteiger partial charge in [0.05, 0.1) is 0 Å². The van der Waals surface area contributed by atoms with Crippen molar-refractivity contribution in [1.29, 1.82) is 0 Å². The number of hydrogen-bond donors (Lipinski definition) is 5. The molecule has 2 fully saturated rings. The van der Waals surface area contributed by atoms with Crippen LogP contribution in [-0.2, 0) is 36.9 Å². The fraction of sp³-hybridized carbons (Fsp3) is 0.541. The van der Waals surface area contributed by atoms with Gasteiger partial charge in [0.15, 0.2) is 0 Å². The fourth-order valence-electron chi connectivity index (χ4n) is 6.60. The van der Waals surface area contributed by atoms with Crippen molar-refractivity contribution in [2.45, 2.75) is 81.7 Å². The maximum Gasteiger partial charge on any atom is 0.490 e. The summed E-state index contributed by atoms with van der Waals surface area (Å²) < 4.78 is 95.2. The van der Waals surface area contributed by atoms with E-state index in [2.05, 4.69) is 46.5 Å². The van der Waals surface area contributed by atoms with Crippen LogP contribution >= 0.6 is 11.6 Å². The molecule has 3 aliphatic rings. The predicted octanol–water partition coefficient (Wildman–Crippen LogP) is 5.52. The highest BCUT2D eigenvalue weighted by Gasteiger charge is 2.41. The lowest BCUT2D eigenvalue weighted by atomic mass is 9.83. The van der Waals surface area contributed by atoms with Crippen LogP contribution in [0, 0.1) is 0 Å². The molecule has 2 aromatic carbocycles. The molecular formula is C37H45ClF9N5O8. The lowest BCUT2D eigenvalue weighted by Gasteiger charge is -2.51. The molecule has 0 radical (unpaired) electrons. The molecule has 1 unspecified atom stereocenters. The SMILES string of the molecule is CCC1(N2CCN(C(=O)[C@@H](Cc3ccc(Cl)cc3)NC(=O)CC3NCc4ccccc43)CC2)CCN(C)CC1.O=C(O)C(F)(F)F.O=C(O)C(F)(F)F.O=C(O)C(F)(F)F. The summed E-state index contributed by atoms with van der Waals surface area (Å²) in [6.07, 6.45) is -11.0. The summed E-state index contributed by atoms with van der Waals surface area (Å²) in [4.78, 5) is 60.8. The number of carboxylic acid groups (broad SMARTS) is 3. The summed E-state index contributed by atoms with van der Waals surface area (Å²) >= 11 is 6.10. The molecule has 3 aliphatic heterocycles. The van der Waals surface area contributed by atoms with E-state index in [9.17, 15) is 49.1 Å². The molecular weight excluding hydrogens is 849 g/mol. The first-order valence-electron chi connectivity index (χ1n) is 18.2. The van der Waals surface area contributed by atoms with Gasteiger partial charge in [0.2, 0.25) is 11.8 Å². The Morgan fingerprint density at radius 3 is 1.70 bits per heavy atom. The predicted molar refractivity (Wildman–Crippen MR) is 197 cm³/mol. The Labute approximate surface area is 343 Å². The van der Waals surface area contributed by atoms with E-state index in [0.717, 1.165) is 44.7 Å². The molecule has 0 spiro atoms. The highest BCUT2D eigenvalue weighted by molar-refractivity contribution is 6.30. The monoisotopic (exact) mass is 893 g/mol. The van der Waals surface area contributed by atoms with Gasteiger partial charge in [0.25, 0.3) is 0 Å². The smallest absolute Gasteiger partial charge is 0.475 e. The molecule has 2 saturated heterocycles. The third-order valence-electron chi connectivity index (χ3n) is 9.91. The van der Waals surface area contributed by atoms with Crippen LogP contribution in [0.2, 0.25) is 5.02 Å². The van der Waals surface area contributed by atoms with Gasteiger partial charge in [-0.3, -0.25) is 14.5 Å². The third kappa shape index (κ3) is 16.4. The maximum absolute atomic E-state index is 13.9. The Morgan fingerprint density at radius 1 is 0.783 bits per heavy atom. The molecule has 60 heavy (non-hydrogen) atoms.